The first-order chi connectivity index (χ1) is 37.5. The van der Waals surface area contributed by atoms with Crippen molar-refractivity contribution in [3.8, 4) is 0 Å². The van der Waals surface area contributed by atoms with E-state index in [1.54, 1.807) is 0 Å². The van der Waals surface area contributed by atoms with Crippen LogP contribution in [-0.2, 0) is 28.6 Å². The molecule has 0 fully saturated rings. The fourth-order valence-electron chi connectivity index (χ4n) is 8.46. The minimum atomic E-state index is -0.788. The summed E-state index contributed by atoms with van der Waals surface area (Å²) in [6.45, 7) is 6.43. The molecule has 0 aromatic rings. The van der Waals surface area contributed by atoms with Gasteiger partial charge in [-0.2, -0.15) is 0 Å². The van der Waals surface area contributed by atoms with Crippen molar-refractivity contribution in [3.05, 3.63) is 122 Å². The molecule has 0 aliphatic carbocycles. The van der Waals surface area contributed by atoms with Crippen LogP contribution in [0, 0.1) is 0 Å². The van der Waals surface area contributed by atoms with Gasteiger partial charge >= 0.3 is 17.9 Å². The second-order valence-corrected chi connectivity index (χ2v) is 20.6. The third kappa shape index (κ3) is 60.7. The lowest BCUT2D eigenvalue weighted by Crippen LogP contribution is -2.30. The van der Waals surface area contributed by atoms with Gasteiger partial charge in [0.25, 0.3) is 0 Å². The third-order valence-corrected chi connectivity index (χ3v) is 13.2. The van der Waals surface area contributed by atoms with E-state index in [4.69, 9.17) is 14.2 Å². The first-order valence-corrected chi connectivity index (χ1v) is 31.5. The molecule has 432 valence electrons. The van der Waals surface area contributed by atoms with Crippen molar-refractivity contribution >= 4 is 17.9 Å². The van der Waals surface area contributed by atoms with Crippen molar-refractivity contribution in [1.82, 2.24) is 0 Å². The van der Waals surface area contributed by atoms with Gasteiger partial charge in [0.1, 0.15) is 13.2 Å². The van der Waals surface area contributed by atoms with E-state index in [0.717, 1.165) is 141 Å². The van der Waals surface area contributed by atoms with Crippen molar-refractivity contribution in [2.24, 2.45) is 0 Å². The van der Waals surface area contributed by atoms with Gasteiger partial charge in [0.15, 0.2) is 6.10 Å². The molecule has 0 aliphatic rings. The number of unbranched alkanes of at least 4 members (excludes halogenated alkanes) is 25. The van der Waals surface area contributed by atoms with Gasteiger partial charge in [0.2, 0.25) is 0 Å². The summed E-state index contributed by atoms with van der Waals surface area (Å²) >= 11 is 0. The molecule has 1 atom stereocenters. The Morgan fingerprint density at radius 3 is 0.868 bits per heavy atom. The molecular weight excluding hydrogens is 937 g/mol. The van der Waals surface area contributed by atoms with E-state index in [1.165, 1.54) is 103 Å². The predicted octanol–water partition coefficient (Wildman–Crippen LogP) is 21.6. The third-order valence-electron chi connectivity index (χ3n) is 13.2. The number of hydrogen-bond donors (Lipinski definition) is 0. The van der Waals surface area contributed by atoms with Crippen LogP contribution in [0.1, 0.15) is 284 Å². The van der Waals surface area contributed by atoms with Crippen LogP contribution in [0.5, 0.6) is 0 Å². The van der Waals surface area contributed by atoms with Crippen molar-refractivity contribution < 1.29 is 28.6 Å². The summed E-state index contributed by atoms with van der Waals surface area (Å²) in [6.07, 6.45) is 87.9. The Labute approximate surface area is 469 Å². The van der Waals surface area contributed by atoms with Crippen LogP contribution in [0.4, 0.5) is 0 Å². The summed E-state index contributed by atoms with van der Waals surface area (Å²) in [5, 5.41) is 0. The van der Waals surface area contributed by atoms with Gasteiger partial charge in [-0.1, -0.05) is 258 Å². The van der Waals surface area contributed by atoms with Crippen molar-refractivity contribution in [3.63, 3.8) is 0 Å². The molecule has 6 heteroatoms. The van der Waals surface area contributed by atoms with Crippen molar-refractivity contribution in [2.75, 3.05) is 13.2 Å². The molecule has 1 unspecified atom stereocenters. The zero-order valence-electron chi connectivity index (χ0n) is 49.5. The van der Waals surface area contributed by atoms with Crippen molar-refractivity contribution in [2.45, 2.75) is 290 Å². The van der Waals surface area contributed by atoms with Gasteiger partial charge < -0.3 is 14.2 Å². The van der Waals surface area contributed by atoms with E-state index in [2.05, 4.69) is 142 Å². The van der Waals surface area contributed by atoms with Crippen LogP contribution in [0.2, 0.25) is 0 Å². The number of rotatable bonds is 56. The van der Waals surface area contributed by atoms with Gasteiger partial charge in [0, 0.05) is 19.3 Å². The SMILES string of the molecule is CC/C=C\C/C=C\C/C=C\C/C=C\C/C=C\C/C=C\C/C=C\C/C=C\CCCCCCCCCCCCC(=O)OCC(COC(=O)CCCCCCC/C=C\CCC)OC(=O)CCCCCCC/C=C\CCCCCC. The van der Waals surface area contributed by atoms with Crippen LogP contribution < -0.4 is 0 Å². The molecule has 0 aliphatic heterocycles. The van der Waals surface area contributed by atoms with Gasteiger partial charge in [0.05, 0.1) is 0 Å². The van der Waals surface area contributed by atoms with Crippen LogP contribution in [0.3, 0.4) is 0 Å². The Morgan fingerprint density at radius 1 is 0.276 bits per heavy atom. The highest BCUT2D eigenvalue weighted by Gasteiger charge is 2.19. The normalized spacial score (nSPS) is 12.9. The Morgan fingerprint density at radius 2 is 0.539 bits per heavy atom. The summed E-state index contributed by atoms with van der Waals surface area (Å²) in [5.74, 6) is -0.909. The summed E-state index contributed by atoms with van der Waals surface area (Å²) in [6, 6.07) is 0. The minimum absolute atomic E-state index is 0.0867. The monoisotopic (exact) mass is 1050 g/mol. The minimum Gasteiger partial charge on any atom is -0.462 e. The lowest BCUT2D eigenvalue weighted by Gasteiger charge is -2.18. The van der Waals surface area contributed by atoms with E-state index >= 15 is 0 Å². The smallest absolute Gasteiger partial charge is 0.306 e. The van der Waals surface area contributed by atoms with Gasteiger partial charge in [-0.05, 0) is 128 Å². The Balaban J connectivity index is 4.15. The average Bonchev–Trinajstić information content (AvgIpc) is 3.42. The van der Waals surface area contributed by atoms with E-state index in [1.807, 2.05) is 0 Å². The topological polar surface area (TPSA) is 78.9 Å². The maximum absolute atomic E-state index is 12.8. The lowest BCUT2D eigenvalue weighted by molar-refractivity contribution is -0.167. The predicted molar refractivity (Wildman–Crippen MR) is 330 cm³/mol. The number of ether oxygens (including phenoxy) is 3. The highest BCUT2D eigenvalue weighted by atomic mass is 16.6. The Bertz CT molecular complexity index is 1590. The lowest BCUT2D eigenvalue weighted by atomic mass is 10.1. The zero-order chi connectivity index (χ0) is 55.0. The molecule has 0 aromatic carbocycles. The second kappa shape index (κ2) is 63.3. The molecule has 0 amide bonds. The largest absolute Gasteiger partial charge is 0.462 e. The number of esters is 3. The molecule has 0 spiro atoms. The van der Waals surface area contributed by atoms with E-state index in [0.29, 0.717) is 19.3 Å². The van der Waals surface area contributed by atoms with Crippen molar-refractivity contribution in [1.29, 1.82) is 0 Å². The Hall–Kier alpha value is -4.19. The molecule has 0 saturated carbocycles. The van der Waals surface area contributed by atoms with E-state index < -0.39 is 6.10 Å². The molecule has 0 radical (unpaired) electrons. The number of carbonyl (C=O) groups excluding carboxylic acids is 3. The highest BCUT2D eigenvalue weighted by Crippen LogP contribution is 2.15. The van der Waals surface area contributed by atoms with Gasteiger partial charge in [-0.25, -0.2) is 0 Å². The highest BCUT2D eigenvalue weighted by molar-refractivity contribution is 5.71. The summed E-state index contributed by atoms with van der Waals surface area (Å²) in [4.78, 5) is 38.1. The van der Waals surface area contributed by atoms with Crippen LogP contribution in [0.15, 0.2) is 122 Å². The van der Waals surface area contributed by atoms with E-state index in [-0.39, 0.29) is 31.1 Å². The molecule has 6 nitrogen and oxygen atoms in total. The van der Waals surface area contributed by atoms with Crippen LogP contribution >= 0.6 is 0 Å². The Kier molecular flexibility index (Phi) is 59.9. The van der Waals surface area contributed by atoms with Gasteiger partial charge in [-0.3, -0.25) is 14.4 Å². The maximum atomic E-state index is 12.8. The maximum Gasteiger partial charge on any atom is 0.306 e. The quantitative estimate of drug-likeness (QED) is 0.0261. The number of allylic oxidation sites excluding steroid dienone is 20. The first kappa shape index (κ1) is 71.8. The molecule has 76 heavy (non-hydrogen) atoms. The second-order valence-electron chi connectivity index (χ2n) is 20.6. The summed E-state index contributed by atoms with van der Waals surface area (Å²) in [5.41, 5.74) is 0. The zero-order valence-corrected chi connectivity index (χ0v) is 49.5. The van der Waals surface area contributed by atoms with Crippen LogP contribution in [-0.4, -0.2) is 37.2 Å². The van der Waals surface area contributed by atoms with Crippen LogP contribution in [0.25, 0.3) is 0 Å². The van der Waals surface area contributed by atoms with E-state index in [9.17, 15) is 14.4 Å². The van der Waals surface area contributed by atoms with Gasteiger partial charge in [-0.15, -0.1) is 0 Å². The number of carbonyl (C=O) groups is 3. The summed E-state index contributed by atoms with van der Waals surface area (Å²) < 4.78 is 16.8. The molecule has 0 heterocycles. The molecule has 0 aromatic heterocycles. The molecule has 0 rings (SSSR count). The molecule has 0 bridgehead atoms. The standard InChI is InChI=1S/C70H116O6/c1-4-7-10-13-16-19-22-24-25-26-27-28-29-30-31-32-33-34-35-36-37-38-39-40-41-42-43-44-45-47-48-51-54-57-60-63-69(72)75-66-67(65-74-68(71)62-59-56-53-50-21-18-15-12-9-6-3)76-70(73)64-61-58-55-52-49-46-23-20-17-14-11-8-5-2/h7,10,12,15-16,19-20,23-25,27-28,30-31,33-34,36-37,39-40,67H,4-6,8-9,11,13-14,17-18,21-22,26,29,32,35,38,41-66H2,1-3H3/b10-7-,15-12-,19-16-,23-20-,25-24-,28-27-,31-30-,34-33-,37-36-,40-39-. The fourth-order valence-corrected chi connectivity index (χ4v) is 8.46. The first-order valence-electron chi connectivity index (χ1n) is 31.5. The molecule has 0 N–H and O–H groups in total. The average molecular weight is 1050 g/mol. The summed E-state index contributed by atoms with van der Waals surface area (Å²) in [7, 11) is 0. The molecular formula is C70H116O6. The molecule has 0 saturated heterocycles. The number of hydrogen-bond acceptors (Lipinski definition) is 6. The fraction of sp³-hybridized carbons (Fsp3) is 0.671.